The second-order valence-corrected chi connectivity index (χ2v) is 16.2. The molecule has 0 aliphatic carbocycles. The molecule has 0 spiro atoms. The molecule has 0 aromatic heterocycles. The third kappa shape index (κ3) is 17.7. The molecule has 4 rings (SSSR count). The number of carbonyl (C=O) groups excluding carboxylic acids is 4. The Labute approximate surface area is 401 Å². The van der Waals surface area contributed by atoms with Crippen molar-refractivity contribution in [3.05, 3.63) is 156 Å². The van der Waals surface area contributed by atoms with Crippen LogP contribution >= 0.6 is 0 Å². The van der Waals surface area contributed by atoms with E-state index in [9.17, 15) is 39.6 Å². The fraction of sp³-hybridized carbons (Fsp3) is 0.321. The third-order valence-corrected chi connectivity index (χ3v) is 9.71. The van der Waals surface area contributed by atoms with Crippen LogP contribution in [0.5, 0.6) is 23.0 Å². The fourth-order valence-corrected chi connectivity index (χ4v) is 6.09. The molecule has 0 bridgehead atoms. The van der Waals surface area contributed by atoms with Crippen molar-refractivity contribution in [2.75, 3.05) is 52.9 Å². The molecule has 368 valence electrons. The summed E-state index contributed by atoms with van der Waals surface area (Å²) in [5.41, 5.74) is 4.20. The molecule has 4 aromatic carbocycles. The first-order chi connectivity index (χ1) is 32.8. The van der Waals surface area contributed by atoms with Crippen molar-refractivity contribution in [3.63, 3.8) is 0 Å². The number of carbonyl (C=O) groups is 4. The summed E-state index contributed by atoms with van der Waals surface area (Å²) < 4.78 is 44.9. The summed E-state index contributed by atoms with van der Waals surface area (Å²) in [6.07, 6.45) is -5.03. The Morgan fingerprint density at radius 1 is 0.420 bits per heavy atom. The standard InChI is InChI=1S/C53H60O16/c1-32(2)50(58)66-28-39(54)24-62-43-18-20-45(47(22-43)64-26-41(56)30-68-52(60)34(5)6)49(38-16-14-37(15-17-38)36-12-10-9-11-13-36)46-21-19-44(63-25-40(55)29-67-51(59)33(3)4)23-48(46)65-27-42(57)31-69-53(61)35(7)8/h9-23,39-42,49,54-57H,1,3,5,7,24-31H2,2,4,6,8H3. The van der Waals surface area contributed by atoms with Crippen molar-refractivity contribution in [1.82, 2.24) is 0 Å². The van der Waals surface area contributed by atoms with E-state index in [1.165, 1.54) is 27.7 Å². The number of esters is 4. The van der Waals surface area contributed by atoms with Crippen LogP contribution in [-0.2, 0) is 38.1 Å². The summed E-state index contributed by atoms with van der Waals surface area (Å²) in [7, 11) is 0. The smallest absolute Gasteiger partial charge is 0.333 e. The Kier molecular flexibility index (Phi) is 21.2. The fourth-order valence-electron chi connectivity index (χ4n) is 6.09. The van der Waals surface area contributed by atoms with Gasteiger partial charge < -0.3 is 58.3 Å². The number of aliphatic hydroxyl groups is 4. The molecule has 0 fully saturated rings. The minimum atomic E-state index is -1.30. The summed E-state index contributed by atoms with van der Waals surface area (Å²) in [4.78, 5) is 48.1. The van der Waals surface area contributed by atoms with Gasteiger partial charge >= 0.3 is 23.9 Å². The van der Waals surface area contributed by atoms with Crippen LogP contribution in [0.4, 0.5) is 0 Å². The van der Waals surface area contributed by atoms with Gasteiger partial charge in [-0.3, -0.25) is 0 Å². The van der Waals surface area contributed by atoms with Crippen LogP contribution in [-0.4, -0.2) is 122 Å². The number of ether oxygens (including phenoxy) is 8. The van der Waals surface area contributed by atoms with Gasteiger partial charge in [-0.15, -0.1) is 0 Å². The van der Waals surface area contributed by atoms with Crippen molar-refractivity contribution in [2.45, 2.75) is 58.0 Å². The van der Waals surface area contributed by atoms with Gasteiger partial charge in [-0.2, -0.15) is 0 Å². The van der Waals surface area contributed by atoms with E-state index < -0.39 is 67.4 Å². The number of rotatable bonds is 28. The van der Waals surface area contributed by atoms with Gasteiger partial charge in [-0.1, -0.05) is 93.0 Å². The van der Waals surface area contributed by atoms with Crippen molar-refractivity contribution >= 4 is 23.9 Å². The van der Waals surface area contributed by atoms with Gasteiger partial charge in [0.1, 0.15) is 100 Å². The third-order valence-electron chi connectivity index (χ3n) is 9.71. The van der Waals surface area contributed by atoms with Crippen LogP contribution in [0.15, 0.2) is 140 Å². The van der Waals surface area contributed by atoms with Crippen molar-refractivity contribution in [3.8, 4) is 34.1 Å². The lowest BCUT2D eigenvalue weighted by atomic mass is 9.83. The Morgan fingerprint density at radius 3 is 1.07 bits per heavy atom. The van der Waals surface area contributed by atoms with Crippen LogP contribution in [0, 0.1) is 0 Å². The molecule has 0 saturated carbocycles. The maximum Gasteiger partial charge on any atom is 0.333 e. The summed E-state index contributed by atoms with van der Waals surface area (Å²) in [6.45, 7) is 17.2. The zero-order valence-electron chi connectivity index (χ0n) is 39.2. The first kappa shape index (κ1) is 54.4. The maximum absolute atomic E-state index is 12.1. The van der Waals surface area contributed by atoms with Crippen molar-refractivity contribution < 1.29 is 77.5 Å². The SMILES string of the molecule is C=C(C)C(=O)OCC(O)COc1ccc(C(c2ccc(-c3ccccc3)cc2)c2ccc(OCC(O)COC(=O)C(=C)C)cc2OCC(O)COC(=O)C(=C)C)c(OCC(O)COC(=O)C(=C)C)c1. The number of benzene rings is 4. The van der Waals surface area contributed by atoms with E-state index >= 15 is 0 Å². The second-order valence-electron chi connectivity index (χ2n) is 16.2. The van der Waals surface area contributed by atoms with Gasteiger partial charge in [-0.25, -0.2) is 19.2 Å². The van der Waals surface area contributed by atoms with E-state index in [4.69, 9.17) is 37.9 Å². The predicted octanol–water partition coefficient (Wildman–Crippen LogP) is 5.97. The highest BCUT2D eigenvalue weighted by molar-refractivity contribution is 5.88. The molecule has 0 saturated heterocycles. The van der Waals surface area contributed by atoms with E-state index in [2.05, 4.69) is 26.3 Å². The number of aliphatic hydroxyl groups excluding tert-OH is 4. The minimum Gasteiger partial charge on any atom is -0.491 e. The highest BCUT2D eigenvalue weighted by Crippen LogP contribution is 2.44. The highest BCUT2D eigenvalue weighted by Gasteiger charge is 2.27. The topological polar surface area (TPSA) is 223 Å². The lowest BCUT2D eigenvalue weighted by Crippen LogP contribution is -2.26. The Hall–Kier alpha value is -7.24. The summed E-state index contributed by atoms with van der Waals surface area (Å²) >= 11 is 0. The van der Waals surface area contributed by atoms with Gasteiger partial charge in [0, 0.05) is 51.5 Å². The van der Waals surface area contributed by atoms with E-state index in [-0.39, 0.29) is 84.9 Å². The van der Waals surface area contributed by atoms with E-state index in [1.807, 2.05) is 54.6 Å². The number of hydrogen-bond acceptors (Lipinski definition) is 16. The molecular formula is C53H60O16. The average molecular weight is 953 g/mol. The molecule has 4 aromatic rings. The summed E-state index contributed by atoms with van der Waals surface area (Å²) in [6, 6.07) is 27.2. The molecule has 4 N–H and O–H groups in total. The Balaban J connectivity index is 1.83. The molecular weight excluding hydrogens is 893 g/mol. The minimum absolute atomic E-state index is 0.142. The molecule has 4 atom stereocenters. The van der Waals surface area contributed by atoms with Gasteiger partial charge in [-0.05, 0) is 56.5 Å². The highest BCUT2D eigenvalue weighted by atomic mass is 16.6. The first-order valence-electron chi connectivity index (χ1n) is 21.8. The number of hydrogen-bond donors (Lipinski definition) is 4. The van der Waals surface area contributed by atoms with Crippen molar-refractivity contribution in [2.24, 2.45) is 0 Å². The van der Waals surface area contributed by atoms with Crippen LogP contribution in [0.1, 0.15) is 50.3 Å². The molecule has 0 aliphatic rings. The summed E-state index contributed by atoms with van der Waals surface area (Å²) in [5, 5.41) is 43.0. The van der Waals surface area contributed by atoms with Crippen LogP contribution in [0.2, 0.25) is 0 Å². The Morgan fingerprint density at radius 2 is 0.739 bits per heavy atom. The van der Waals surface area contributed by atoms with Crippen LogP contribution < -0.4 is 18.9 Å². The van der Waals surface area contributed by atoms with Crippen LogP contribution in [0.25, 0.3) is 11.1 Å². The molecule has 16 nitrogen and oxygen atoms in total. The molecule has 0 amide bonds. The summed E-state index contributed by atoms with van der Waals surface area (Å²) in [5.74, 6) is -2.69. The van der Waals surface area contributed by atoms with Gasteiger partial charge in [0.2, 0.25) is 0 Å². The molecule has 0 radical (unpaired) electrons. The van der Waals surface area contributed by atoms with E-state index in [0.29, 0.717) is 16.7 Å². The zero-order valence-corrected chi connectivity index (χ0v) is 39.2. The predicted molar refractivity (Wildman–Crippen MR) is 255 cm³/mol. The molecule has 16 heteroatoms. The average Bonchev–Trinajstić information content (AvgIpc) is 3.34. The molecule has 0 heterocycles. The molecule has 0 aliphatic heterocycles. The molecule has 69 heavy (non-hydrogen) atoms. The molecule has 4 unspecified atom stereocenters. The lowest BCUT2D eigenvalue weighted by molar-refractivity contribution is -0.143. The maximum atomic E-state index is 12.1. The van der Waals surface area contributed by atoms with E-state index in [1.54, 1.807) is 36.4 Å². The van der Waals surface area contributed by atoms with Crippen molar-refractivity contribution in [1.29, 1.82) is 0 Å². The lowest BCUT2D eigenvalue weighted by Gasteiger charge is -2.26. The quantitative estimate of drug-likeness (QED) is 0.0223. The Bertz CT molecular complexity index is 2300. The van der Waals surface area contributed by atoms with Gasteiger partial charge in [0.25, 0.3) is 0 Å². The largest absolute Gasteiger partial charge is 0.491 e. The second kappa shape index (κ2) is 26.9. The van der Waals surface area contributed by atoms with E-state index in [0.717, 1.165) is 11.1 Å². The first-order valence-corrected chi connectivity index (χ1v) is 21.8. The van der Waals surface area contributed by atoms with Gasteiger partial charge in [0.05, 0.1) is 0 Å². The zero-order chi connectivity index (χ0) is 50.6. The normalized spacial score (nSPS) is 13.0. The monoisotopic (exact) mass is 952 g/mol. The van der Waals surface area contributed by atoms with Crippen LogP contribution in [0.3, 0.4) is 0 Å². The van der Waals surface area contributed by atoms with Gasteiger partial charge in [0.15, 0.2) is 0 Å².